The first-order chi connectivity index (χ1) is 8.54. The minimum atomic E-state index is -0.837. The highest BCUT2D eigenvalue weighted by Gasteiger charge is 2.38. The number of methoxy groups -OCH3 is 1. The Hall–Kier alpha value is -1.56. The molecule has 1 aromatic heterocycles. The molecule has 2 rings (SSSR count). The van der Waals surface area contributed by atoms with Gasteiger partial charge in [-0.2, -0.15) is 0 Å². The van der Waals surface area contributed by atoms with E-state index in [0.29, 0.717) is 17.2 Å². The molecule has 2 unspecified atom stereocenters. The summed E-state index contributed by atoms with van der Waals surface area (Å²) in [6.07, 6.45) is 0. The van der Waals surface area contributed by atoms with Crippen molar-refractivity contribution in [1.82, 2.24) is 4.90 Å². The molecule has 1 saturated heterocycles. The molecule has 1 aliphatic rings. The fourth-order valence-electron chi connectivity index (χ4n) is 2.21. The normalized spacial score (nSPS) is 23.1. The fourth-order valence-corrected chi connectivity index (χ4v) is 3.04. The van der Waals surface area contributed by atoms with Gasteiger partial charge in [0.25, 0.3) is 5.91 Å². The van der Waals surface area contributed by atoms with Crippen molar-refractivity contribution in [2.75, 3.05) is 20.2 Å². The number of hydrogen-bond acceptors (Lipinski definition) is 4. The lowest BCUT2D eigenvalue weighted by Gasteiger charge is -2.15. The molecule has 5 nitrogen and oxygen atoms in total. The van der Waals surface area contributed by atoms with Crippen LogP contribution >= 0.6 is 11.3 Å². The SMILES string of the molecule is COc1ccsc1C(=O)N1CC(C)C(C(=O)O)C1. The van der Waals surface area contributed by atoms with Crippen molar-refractivity contribution < 1.29 is 19.4 Å². The summed E-state index contributed by atoms with van der Waals surface area (Å²) in [5.74, 6) is -0.915. The lowest BCUT2D eigenvalue weighted by Crippen LogP contribution is -2.29. The maximum absolute atomic E-state index is 12.3. The number of carbonyl (C=O) groups excluding carboxylic acids is 1. The Morgan fingerprint density at radius 2 is 2.22 bits per heavy atom. The van der Waals surface area contributed by atoms with Crippen molar-refractivity contribution in [2.24, 2.45) is 11.8 Å². The summed E-state index contributed by atoms with van der Waals surface area (Å²) in [5.41, 5.74) is 0. The van der Waals surface area contributed by atoms with Crippen LogP contribution in [0.25, 0.3) is 0 Å². The van der Waals surface area contributed by atoms with E-state index in [9.17, 15) is 9.59 Å². The van der Waals surface area contributed by atoms with Gasteiger partial charge >= 0.3 is 5.97 Å². The predicted molar refractivity (Wildman–Crippen MR) is 67.1 cm³/mol. The highest BCUT2D eigenvalue weighted by molar-refractivity contribution is 7.12. The van der Waals surface area contributed by atoms with Crippen LogP contribution in [-0.2, 0) is 4.79 Å². The van der Waals surface area contributed by atoms with Crippen molar-refractivity contribution in [2.45, 2.75) is 6.92 Å². The largest absolute Gasteiger partial charge is 0.495 e. The van der Waals surface area contributed by atoms with Gasteiger partial charge in [0, 0.05) is 13.1 Å². The molecule has 0 aromatic carbocycles. The van der Waals surface area contributed by atoms with Gasteiger partial charge in [0.15, 0.2) is 0 Å². The van der Waals surface area contributed by atoms with Crippen LogP contribution in [0, 0.1) is 11.8 Å². The average Bonchev–Trinajstić information content (AvgIpc) is 2.93. The summed E-state index contributed by atoms with van der Waals surface area (Å²) in [6, 6.07) is 1.74. The van der Waals surface area contributed by atoms with Gasteiger partial charge in [-0.3, -0.25) is 9.59 Å². The fraction of sp³-hybridized carbons (Fsp3) is 0.500. The molecule has 2 heterocycles. The van der Waals surface area contributed by atoms with Crippen LogP contribution in [0.1, 0.15) is 16.6 Å². The van der Waals surface area contributed by atoms with E-state index in [1.54, 1.807) is 16.3 Å². The number of thiophene rings is 1. The van der Waals surface area contributed by atoms with Crippen molar-refractivity contribution >= 4 is 23.2 Å². The van der Waals surface area contributed by atoms with Crippen molar-refractivity contribution in [1.29, 1.82) is 0 Å². The van der Waals surface area contributed by atoms with Gasteiger partial charge < -0.3 is 14.7 Å². The molecule has 1 amide bonds. The van der Waals surface area contributed by atoms with Crippen LogP contribution in [0.15, 0.2) is 11.4 Å². The summed E-state index contributed by atoms with van der Waals surface area (Å²) < 4.78 is 5.11. The molecule has 0 aliphatic carbocycles. The second-order valence-corrected chi connectivity index (χ2v) is 5.37. The Morgan fingerprint density at radius 3 is 2.78 bits per heavy atom. The standard InChI is InChI=1S/C12H15NO4S/c1-7-5-13(6-8(7)12(15)16)11(14)10-9(17-2)3-4-18-10/h3-4,7-8H,5-6H2,1-2H3,(H,15,16). The predicted octanol–water partition coefficient (Wildman–Crippen LogP) is 1.55. The molecule has 6 heteroatoms. The molecule has 0 radical (unpaired) electrons. The van der Waals surface area contributed by atoms with Gasteiger partial charge in [0.1, 0.15) is 10.6 Å². The molecule has 1 aliphatic heterocycles. The molecule has 98 valence electrons. The van der Waals surface area contributed by atoms with Crippen LogP contribution in [0.3, 0.4) is 0 Å². The van der Waals surface area contributed by atoms with Gasteiger partial charge in [-0.25, -0.2) is 0 Å². The number of rotatable bonds is 3. The third-order valence-corrected chi connectivity index (χ3v) is 4.14. The van der Waals surface area contributed by atoms with Crippen LogP contribution in [-0.4, -0.2) is 42.1 Å². The number of aliphatic carboxylic acids is 1. The summed E-state index contributed by atoms with van der Waals surface area (Å²) in [5, 5.41) is 10.8. The number of amides is 1. The lowest BCUT2D eigenvalue weighted by molar-refractivity contribution is -0.142. The van der Waals surface area contributed by atoms with Crippen molar-refractivity contribution in [3.63, 3.8) is 0 Å². The summed E-state index contributed by atoms with van der Waals surface area (Å²) in [7, 11) is 1.52. The average molecular weight is 269 g/mol. The minimum Gasteiger partial charge on any atom is -0.495 e. The quantitative estimate of drug-likeness (QED) is 0.904. The van der Waals surface area contributed by atoms with Crippen LogP contribution < -0.4 is 4.74 Å². The molecular weight excluding hydrogens is 254 g/mol. The van der Waals surface area contributed by atoms with Crippen molar-refractivity contribution in [3.8, 4) is 5.75 Å². The van der Waals surface area contributed by atoms with E-state index in [0.717, 1.165) is 0 Å². The Labute approximate surface area is 109 Å². The number of carboxylic acid groups (broad SMARTS) is 1. The number of hydrogen-bond donors (Lipinski definition) is 1. The van der Waals surface area contributed by atoms with Gasteiger partial charge in [-0.15, -0.1) is 11.3 Å². The lowest BCUT2D eigenvalue weighted by atomic mass is 9.99. The zero-order valence-electron chi connectivity index (χ0n) is 10.3. The third kappa shape index (κ3) is 2.20. The van der Waals surface area contributed by atoms with E-state index >= 15 is 0 Å². The molecule has 0 spiro atoms. The van der Waals surface area contributed by atoms with Gasteiger partial charge in [0.05, 0.1) is 13.0 Å². The summed E-state index contributed by atoms with van der Waals surface area (Å²) in [6.45, 7) is 2.62. The second kappa shape index (κ2) is 4.97. The van der Waals surface area contributed by atoms with E-state index in [1.807, 2.05) is 6.92 Å². The number of likely N-dealkylation sites (tertiary alicyclic amines) is 1. The number of ether oxygens (including phenoxy) is 1. The van der Waals surface area contributed by atoms with Crippen LogP contribution in [0.2, 0.25) is 0 Å². The van der Waals surface area contributed by atoms with Gasteiger partial charge in [-0.05, 0) is 17.4 Å². The zero-order chi connectivity index (χ0) is 13.3. The second-order valence-electron chi connectivity index (χ2n) is 4.45. The highest BCUT2D eigenvalue weighted by atomic mass is 32.1. The first-order valence-electron chi connectivity index (χ1n) is 5.68. The van der Waals surface area contributed by atoms with E-state index in [2.05, 4.69) is 0 Å². The topological polar surface area (TPSA) is 66.8 Å². The molecule has 2 atom stereocenters. The Bertz CT molecular complexity index is 470. The summed E-state index contributed by atoms with van der Waals surface area (Å²) in [4.78, 5) is 25.4. The van der Waals surface area contributed by atoms with Crippen LogP contribution in [0.5, 0.6) is 5.75 Å². The van der Waals surface area contributed by atoms with Gasteiger partial charge in [0.2, 0.25) is 0 Å². The Morgan fingerprint density at radius 1 is 1.50 bits per heavy atom. The highest BCUT2D eigenvalue weighted by Crippen LogP contribution is 2.30. The maximum Gasteiger partial charge on any atom is 0.308 e. The number of carboxylic acids is 1. The molecule has 18 heavy (non-hydrogen) atoms. The molecule has 0 saturated carbocycles. The van der Waals surface area contributed by atoms with Crippen LogP contribution in [0.4, 0.5) is 0 Å². The van der Waals surface area contributed by atoms with E-state index in [-0.39, 0.29) is 18.4 Å². The first kappa shape index (κ1) is 12.9. The summed E-state index contributed by atoms with van der Waals surface area (Å²) >= 11 is 1.32. The monoisotopic (exact) mass is 269 g/mol. The molecule has 1 N–H and O–H groups in total. The minimum absolute atomic E-state index is 0.0163. The van der Waals surface area contributed by atoms with E-state index in [4.69, 9.17) is 9.84 Å². The third-order valence-electron chi connectivity index (χ3n) is 3.26. The zero-order valence-corrected chi connectivity index (χ0v) is 11.1. The Balaban J connectivity index is 2.14. The smallest absolute Gasteiger partial charge is 0.308 e. The molecule has 1 aromatic rings. The Kier molecular flexibility index (Phi) is 3.56. The molecular formula is C12H15NO4S. The molecule has 1 fully saturated rings. The first-order valence-corrected chi connectivity index (χ1v) is 6.56. The number of carbonyl (C=O) groups is 2. The maximum atomic E-state index is 12.3. The van der Waals surface area contributed by atoms with Crippen molar-refractivity contribution in [3.05, 3.63) is 16.3 Å². The van der Waals surface area contributed by atoms with E-state index < -0.39 is 11.9 Å². The van der Waals surface area contributed by atoms with Gasteiger partial charge in [-0.1, -0.05) is 6.92 Å². The number of nitrogens with zero attached hydrogens (tertiary/aromatic N) is 1. The van der Waals surface area contributed by atoms with E-state index in [1.165, 1.54) is 18.4 Å². The molecule has 0 bridgehead atoms.